The van der Waals surface area contributed by atoms with Crippen molar-refractivity contribution in [2.75, 3.05) is 14.1 Å². The largest absolute Gasteiger partial charge is 0.481 e. The molecule has 0 aromatic carbocycles. The first-order valence-corrected chi connectivity index (χ1v) is 5.66. The van der Waals surface area contributed by atoms with Crippen LogP contribution in [0.1, 0.15) is 39.0 Å². The van der Waals surface area contributed by atoms with Crippen LogP contribution in [0.5, 0.6) is 0 Å². The lowest BCUT2D eigenvalue weighted by Gasteiger charge is -2.16. The van der Waals surface area contributed by atoms with Crippen LogP contribution in [-0.4, -0.2) is 47.3 Å². The van der Waals surface area contributed by atoms with Gasteiger partial charge in [-0.1, -0.05) is 6.92 Å². The van der Waals surface area contributed by atoms with Gasteiger partial charge >= 0.3 is 11.9 Å². The fraction of sp³-hybridized carbons (Fsp3) is 0.818. The lowest BCUT2D eigenvalue weighted by molar-refractivity contribution is -0.139. The molecule has 4 N–H and O–H groups in total. The zero-order valence-electron chi connectivity index (χ0n) is 10.8. The molecule has 0 aliphatic heterocycles. The molecule has 0 aliphatic carbocycles. The van der Waals surface area contributed by atoms with E-state index in [0.717, 1.165) is 6.42 Å². The summed E-state index contributed by atoms with van der Waals surface area (Å²) in [6.07, 6.45) is 2.27. The number of nitrogens with two attached hydrogens (primary N) is 1. The Morgan fingerprint density at radius 3 is 1.59 bits per heavy atom. The summed E-state index contributed by atoms with van der Waals surface area (Å²) in [5.74, 6) is -1.74. The van der Waals surface area contributed by atoms with Gasteiger partial charge in [-0.25, -0.2) is 0 Å². The summed E-state index contributed by atoms with van der Waals surface area (Å²) in [4.78, 5) is 21.8. The van der Waals surface area contributed by atoms with Gasteiger partial charge in [0.1, 0.15) is 0 Å². The van der Waals surface area contributed by atoms with Gasteiger partial charge < -0.3 is 15.9 Å². The molecule has 0 amide bonds. The molecular weight excluding hydrogens is 224 g/mol. The second kappa shape index (κ2) is 11.3. The molecule has 1 atom stereocenters. The summed E-state index contributed by atoms with van der Waals surface area (Å²) in [5, 5.41) is 16.3. The van der Waals surface area contributed by atoms with Gasteiger partial charge in [-0.05, 0) is 33.4 Å². The van der Waals surface area contributed by atoms with Gasteiger partial charge in [0.15, 0.2) is 0 Å². The van der Waals surface area contributed by atoms with Gasteiger partial charge in [0.25, 0.3) is 0 Å². The molecule has 0 aliphatic rings. The predicted molar refractivity (Wildman–Crippen MR) is 65.7 cm³/mol. The van der Waals surface area contributed by atoms with Crippen molar-refractivity contribution in [3.8, 4) is 0 Å². The second-order valence-corrected chi connectivity index (χ2v) is 3.93. The van der Waals surface area contributed by atoms with Crippen LogP contribution in [0.4, 0.5) is 0 Å². The molecule has 0 radical (unpaired) electrons. The van der Waals surface area contributed by atoms with Crippen molar-refractivity contribution in [3.63, 3.8) is 0 Å². The van der Waals surface area contributed by atoms with Gasteiger partial charge in [0.2, 0.25) is 0 Å². The third-order valence-corrected chi connectivity index (χ3v) is 2.11. The molecule has 0 saturated heterocycles. The highest BCUT2D eigenvalue weighted by atomic mass is 16.4. The minimum Gasteiger partial charge on any atom is -0.481 e. The fourth-order valence-electron chi connectivity index (χ4n) is 0.918. The molecule has 6 heteroatoms. The minimum absolute atomic E-state index is 0.0628. The highest BCUT2D eigenvalue weighted by molar-refractivity contribution is 5.67. The highest BCUT2D eigenvalue weighted by Gasteiger charge is 1.99. The molecule has 6 nitrogen and oxygen atoms in total. The SMILES string of the molecule is CCC(N)N(C)C.O=C(O)CCCCC(=O)O. The topological polar surface area (TPSA) is 104 Å². The standard InChI is InChI=1S/C6H10O4.C5H14N2/c7-5(8)3-1-2-4-6(9)10;1-4-5(6)7(2)3/h1-4H2,(H,7,8)(H,9,10);5H,4,6H2,1-3H3. The van der Waals surface area contributed by atoms with Gasteiger partial charge in [-0.2, -0.15) is 0 Å². The predicted octanol–water partition coefficient (Wildman–Crippen LogP) is 0.959. The van der Waals surface area contributed by atoms with Crippen LogP contribution in [0, 0.1) is 0 Å². The van der Waals surface area contributed by atoms with Crippen LogP contribution in [0.2, 0.25) is 0 Å². The van der Waals surface area contributed by atoms with Gasteiger partial charge in [0, 0.05) is 12.8 Å². The van der Waals surface area contributed by atoms with Crippen molar-refractivity contribution >= 4 is 11.9 Å². The summed E-state index contributed by atoms with van der Waals surface area (Å²) in [6, 6.07) is 0. The van der Waals surface area contributed by atoms with E-state index in [2.05, 4.69) is 6.92 Å². The molecule has 0 saturated carbocycles. The first-order valence-electron chi connectivity index (χ1n) is 5.66. The maximum atomic E-state index is 9.90. The monoisotopic (exact) mass is 248 g/mol. The summed E-state index contributed by atoms with van der Waals surface area (Å²) in [6.45, 7) is 2.07. The number of aliphatic carboxylic acids is 2. The Morgan fingerprint density at radius 1 is 1.12 bits per heavy atom. The molecule has 102 valence electrons. The van der Waals surface area contributed by atoms with E-state index in [-0.39, 0.29) is 19.0 Å². The van der Waals surface area contributed by atoms with E-state index >= 15 is 0 Å². The molecule has 0 aromatic heterocycles. The Hall–Kier alpha value is -1.14. The first kappa shape index (κ1) is 18.2. The van der Waals surface area contributed by atoms with Crippen molar-refractivity contribution in [1.29, 1.82) is 0 Å². The summed E-state index contributed by atoms with van der Waals surface area (Å²) >= 11 is 0. The van der Waals surface area contributed by atoms with Gasteiger partial charge in [-0.15, -0.1) is 0 Å². The van der Waals surface area contributed by atoms with E-state index in [9.17, 15) is 9.59 Å². The average molecular weight is 248 g/mol. The number of carboxylic acids is 2. The Kier molecular flexibility index (Phi) is 12.2. The lowest BCUT2D eigenvalue weighted by atomic mass is 10.2. The third-order valence-electron chi connectivity index (χ3n) is 2.11. The first-order chi connectivity index (χ1) is 7.81. The minimum atomic E-state index is -0.870. The number of unbranched alkanes of at least 4 members (excludes halogenated alkanes) is 1. The Labute approximate surface area is 102 Å². The number of hydrogen-bond donors (Lipinski definition) is 3. The number of rotatable bonds is 7. The maximum absolute atomic E-state index is 9.90. The van der Waals surface area contributed by atoms with Crippen molar-refractivity contribution in [2.45, 2.75) is 45.2 Å². The van der Waals surface area contributed by atoms with Crippen molar-refractivity contribution < 1.29 is 19.8 Å². The van der Waals surface area contributed by atoms with Crippen molar-refractivity contribution in [1.82, 2.24) is 4.90 Å². The van der Waals surface area contributed by atoms with E-state index in [0.29, 0.717) is 12.8 Å². The van der Waals surface area contributed by atoms with Crippen LogP contribution < -0.4 is 5.73 Å². The zero-order valence-corrected chi connectivity index (χ0v) is 10.8. The van der Waals surface area contributed by atoms with Gasteiger partial charge in [0.05, 0.1) is 6.17 Å². The van der Waals surface area contributed by atoms with Crippen molar-refractivity contribution in [2.24, 2.45) is 5.73 Å². The maximum Gasteiger partial charge on any atom is 0.303 e. The molecule has 0 heterocycles. The Bertz CT molecular complexity index is 204. The molecule has 0 rings (SSSR count). The molecule has 0 spiro atoms. The Balaban J connectivity index is 0. The summed E-state index contributed by atoms with van der Waals surface area (Å²) in [5.41, 5.74) is 5.54. The van der Waals surface area contributed by atoms with Crippen LogP contribution in [0.25, 0.3) is 0 Å². The molecule has 0 aromatic rings. The second-order valence-electron chi connectivity index (χ2n) is 3.93. The molecular formula is C11H24N2O4. The van der Waals surface area contributed by atoms with Crippen LogP contribution in [-0.2, 0) is 9.59 Å². The number of hydrogen-bond acceptors (Lipinski definition) is 4. The smallest absolute Gasteiger partial charge is 0.303 e. The molecule has 0 bridgehead atoms. The molecule has 0 fully saturated rings. The van der Waals surface area contributed by atoms with E-state index in [1.54, 1.807) is 0 Å². The summed E-state index contributed by atoms with van der Waals surface area (Å²) < 4.78 is 0. The molecule has 17 heavy (non-hydrogen) atoms. The lowest BCUT2D eigenvalue weighted by Crippen LogP contribution is -2.35. The Morgan fingerprint density at radius 2 is 1.47 bits per heavy atom. The zero-order chi connectivity index (χ0) is 13.8. The third kappa shape index (κ3) is 17.5. The fourth-order valence-corrected chi connectivity index (χ4v) is 0.918. The van der Waals surface area contributed by atoms with Crippen LogP contribution >= 0.6 is 0 Å². The van der Waals surface area contributed by atoms with E-state index in [4.69, 9.17) is 15.9 Å². The number of carbonyl (C=O) groups is 2. The van der Waals surface area contributed by atoms with E-state index in [1.165, 1.54) is 0 Å². The van der Waals surface area contributed by atoms with Crippen LogP contribution in [0.15, 0.2) is 0 Å². The summed E-state index contributed by atoms with van der Waals surface area (Å²) in [7, 11) is 3.96. The van der Waals surface area contributed by atoms with E-state index in [1.807, 2.05) is 19.0 Å². The van der Waals surface area contributed by atoms with E-state index < -0.39 is 11.9 Å². The van der Waals surface area contributed by atoms with Crippen molar-refractivity contribution in [3.05, 3.63) is 0 Å². The normalized spacial score (nSPS) is 11.6. The quantitative estimate of drug-likeness (QED) is 0.458. The molecule has 1 unspecified atom stereocenters. The number of nitrogens with zero attached hydrogens (tertiary/aromatic N) is 1. The number of carboxylic acid groups (broad SMARTS) is 2. The average Bonchev–Trinajstić information content (AvgIpc) is 2.23. The highest BCUT2D eigenvalue weighted by Crippen LogP contribution is 1.98. The van der Waals surface area contributed by atoms with Crippen LogP contribution in [0.3, 0.4) is 0 Å². The van der Waals surface area contributed by atoms with Gasteiger partial charge in [-0.3, -0.25) is 14.5 Å².